The van der Waals surface area contributed by atoms with Crippen LogP contribution in [-0.2, 0) is 48.4 Å². The number of rotatable bonds is 16. The molecule has 19 nitrogen and oxygen atoms in total. The SMILES string of the molecule is COOS(=O)(=O)c1cc(Nc2cccc(S(=O)(=O)CCNC(=O)C(NC(=O)C3CCCN3C(=O)C(C)NC(=O)C(C)N)C(C)C)c2)c2c(c1N)C(=O)c1ccccc1C2=O. The zero-order valence-electron chi connectivity index (χ0n) is 33.4. The number of ketones is 2. The van der Waals surface area contributed by atoms with E-state index < -0.39 is 107 Å². The van der Waals surface area contributed by atoms with E-state index in [9.17, 15) is 45.6 Å². The van der Waals surface area contributed by atoms with E-state index in [1.807, 2.05) is 0 Å². The van der Waals surface area contributed by atoms with Gasteiger partial charge in [-0.1, -0.05) is 44.2 Å². The second-order valence-corrected chi connectivity index (χ2v) is 18.3. The average Bonchev–Trinajstić information content (AvgIpc) is 3.69. The second kappa shape index (κ2) is 18.3. The van der Waals surface area contributed by atoms with Crippen molar-refractivity contribution in [2.45, 2.75) is 74.5 Å². The lowest BCUT2D eigenvalue weighted by molar-refractivity contribution is -0.172. The van der Waals surface area contributed by atoms with E-state index in [-0.39, 0.29) is 46.1 Å². The molecule has 1 aliphatic heterocycles. The van der Waals surface area contributed by atoms with E-state index in [1.165, 1.54) is 61.2 Å². The van der Waals surface area contributed by atoms with Gasteiger partial charge in [-0.15, -0.1) is 4.33 Å². The van der Waals surface area contributed by atoms with E-state index in [1.54, 1.807) is 19.9 Å². The number of hydrogen-bond donors (Lipinski definition) is 6. The third-order valence-electron chi connectivity index (χ3n) is 10.00. The lowest BCUT2D eigenvalue weighted by Crippen LogP contribution is -2.57. The molecule has 2 aliphatic rings. The summed E-state index contributed by atoms with van der Waals surface area (Å²) in [5.41, 5.74) is 10.5. The van der Waals surface area contributed by atoms with Gasteiger partial charge in [-0.05, 0) is 56.9 Å². The van der Waals surface area contributed by atoms with Crippen molar-refractivity contribution in [2.24, 2.45) is 11.7 Å². The molecule has 3 aromatic carbocycles. The van der Waals surface area contributed by atoms with Gasteiger partial charge in [0.1, 0.15) is 23.0 Å². The molecule has 4 unspecified atom stereocenters. The summed E-state index contributed by atoms with van der Waals surface area (Å²) in [7, 11) is -7.90. The zero-order valence-corrected chi connectivity index (χ0v) is 35.1. The highest BCUT2D eigenvalue weighted by atomic mass is 32.2. The zero-order chi connectivity index (χ0) is 44.3. The van der Waals surface area contributed by atoms with Crippen molar-refractivity contribution in [3.63, 3.8) is 0 Å². The summed E-state index contributed by atoms with van der Waals surface area (Å²) in [5, 5.41) is 10.6. The van der Waals surface area contributed by atoms with E-state index >= 15 is 0 Å². The maximum atomic E-state index is 13.8. The van der Waals surface area contributed by atoms with Crippen molar-refractivity contribution < 1.29 is 54.8 Å². The predicted molar refractivity (Wildman–Crippen MR) is 217 cm³/mol. The van der Waals surface area contributed by atoms with Crippen LogP contribution >= 0.6 is 0 Å². The first-order chi connectivity index (χ1) is 28.2. The number of hydrogen-bond acceptors (Lipinski definition) is 15. The van der Waals surface area contributed by atoms with Gasteiger partial charge >= 0.3 is 10.1 Å². The van der Waals surface area contributed by atoms with Gasteiger partial charge in [-0.25, -0.2) is 13.3 Å². The Hall–Kier alpha value is -5.74. The first-order valence-corrected chi connectivity index (χ1v) is 21.9. The fourth-order valence-corrected chi connectivity index (χ4v) is 9.01. The summed E-state index contributed by atoms with van der Waals surface area (Å²) in [6, 6.07) is 8.48. The molecule has 5 rings (SSSR count). The molecule has 0 spiro atoms. The number of nitrogen functional groups attached to an aromatic ring is 1. The smallest absolute Gasteiger partial charge is 0.325 e. The first-order valence-electron chi connectivity index (χ1n) is 18.9. The Bertz CT molecular complexity index is 2460. The highest BCUT2D eigenvalue weighted by molar-refractivity contribution is 7.91. The summed E-state index contributed by atoms with van der Waals surface area (Å²) in [6.45, 7) is 6.25. The van der Waals surface area contributed by atoms with E-state index in [4.69, 9.17) is 11.5 Å². The Labute approximate surface area is 346 Å². The summed E-state index contributed by atoms with van der Waals surface area (Å²) in [5.74, 6) is -4.62. The fraction of sp³-hybridized carbons (Fsp3) is 0.385. The van der Waals surface area contributed by atoms with E-state index in [0.29, 0.717) is 12.8 Å². The van der Waals surface area contributed by atoms with Crippen LogP contribution in [0.1, 0.15) is 72.4 Å². The van der Waals surface area contributed by atoms with Crippen LogP contribution in [0, 0.1) is 5.92 Å². The number of fused-ring (bicyclic) bond motifs is 2. The molecular formula is C39H47N7O12S2. The molecule has 0 saturated carbocycles. The highest BCUT2D eigenvalue weighted by Crippen LogP contribution is 2.40. The summed E-state index contributed by atoms with van der Waals surface area (Å²) in [6.07, 6.45) is 0.849. The summed E-state index contributed by atoms with van der Waals surface area (Å²) in [4.78, 5) is 84.2. The third-order valence-corrected chi connectivity index (χ3v) is 12.9. The van der Waals surface area contributed by atoms with E-state index in [2.05, 4.69) is 30.5 Å². The molecular weight excluding hydrogens is 823 g/mol. The molecule has 4 amide bonds. The van der Waals surface area contributed by atoms with Crippen LogP contribution in [0.3, 0.4) is 0 Å². The molecule has 60 heavy (non-hydrogen) atoms. The van der Waals surface area contributed by atoms with Gasteiger partial charge in [-0.3, -0.25) is 28.8 Å². The molecule has 4 atom stereocenters. The minimum Gasteiger partial charge on any atom is -0.397 e. The Morgan fingerprint density at radius 1 is 0.883 bits per heavy atom. The number of anilines is 3. The molecule has 1 fully saturated rings. The molecule has 0 aromatic heterocycles. The molecule has 322 valence electrons. The number of sulfone groups is 1. The fourth-order valence-electron chi connectivity index (χ4n) is 6.93. The molecule has 21 heteroatoms. The standard InChI is InChI=1S/C39H47N7O12S2/c1-20(2)33(45-37(50)28-14-9-16-46(28)39(52)22(4)43-36(49)21(3)40)38(51)42-15-17-59(53,54)24-11-8-10-23(18-24)44-27-19-29(60(55,56)58-57-5)32(41)31-30(27)34(47)25-12-6-7-13-26(25)35(31)48/h6-8,10-13,18-22,28,33,44H,9,14-17,40-41H2,1-5H3,(H,42,51)(H,43,49)(H,45,50). The van der Waals surface area contributed by atoms with Crippen molar-refractivity contribution in [3.05, 3.63) is 76.9 Å². The van der Waals surface area contributed by atoms with Gasteiger partial charge in [0, 0.05) is 29.9 Å². The van der Waals surface area contributed by atoms with Crippen molar-refractivity contribution in [2.75, 3.05) is 37.0 Å². The minimum absolute atomic E-state index is 0.000576. The lowest BCUT2D eigenvalue weighted by Gasteiger charge is -2.29. The molecule has 1 saturated heterocycles. The number of likely N-dealkylation sites (tertiary alicyclic amines) is 1. The van der Waals surface area contributed by atoms with Crippen LogP contribution in [0.25, 0.3) is 0 Å². The number of carbonyl (C=O) groups excluding carboxylic acids is 6. The van der Waals surface area contributed by atoms with Crippen LogP contribution in [0.4, 0.5) is 17.1 Å². The van der Waals surface area contributed by atoms with Crippen LogP contribution in [0.5, 0.6) is 0 Å². The number of carbonyl (C=O) groups is 6. The second-order valence-electron chi connectivity index (χ2n) is 14.7. The quantitative estimate of drug-likeness (QED) is 0.0519. The number of nitrogens with zero attached hydrogens (tertiary/aromatic N) is 1. The van der Waals surface area contributed by atoms with Gasteiger partial charge in [-0.2, -0.15) is 8.42 Å². The van der Waals surface area contributed by atoms with Crippen LogP contribution in [0.2, 0.25) is 0 Å². The topological polar surface area (TPSA) is 293 Å². The molecule has 0 radical (unpaired) electrons. The minimum atomic E-state index is -4.73. The summed E-state index contributed by atoms with van der Waals surface area (Å²) >= 11 is 0. The van der Waals surface area contributed by atoms with Crippen molar-refractivity contribution in [1.82, 2.24) is 20.9 Å². The Morgan fingerprint density at radius 3 is 2.15 bits per heavy atom. The number of nitrogens with one attached hydrogen (secondary N) is 4. The molecule has 3 aromatic rings. The molecule has 8 N–H and O–H groups in total. The van der Waals surface area contributed by atoms with Crippen molar-refractivity contribution in [1.29, 1.82) is 0 Å². The number of benzene rings is 3. The van der Waals surface area contributed by atoms with Gasteiger partial charge in [0.25, 0.3) is 0 Å². The van der Waals surface area contributed by atoms with Gasteiger partial charge < -0.3 is 37.6 Å². The Balaban J connectivity index is 1.30. The number of nitrogens with two attached hydrogens (primary N) is 2. The van der Waals surface area contributed by atoms with Gasteiger partial charge in [0.15, 0.2) is 21.4 Å². The van der Waals surface area contributed by atoms with Crippen LogP contribution < -0.4 is 32.7 Å². The van der Waals surface area contributed by atoms with Gasteiger partial charge in [0.05, 0.1) is 46.3 Å². The largest absolute Gasteiger partial charge is 0.397 e. The molecule has 1 aliphatic carbocycles. The van der Waals surface area contributed by atoms with Crippen molar-refractivity contribution in [3.8, 4) is 0 Å². The normalized spacial score (nSPS) is 16.6. The monoisotopic (exact) mass is 869 g/mol. The maximum Gasteiger partial charge on any atom is 0.325 e. The lowest BCUT2D eigenvalue weighted by atomic mass is 9.82. The third kappa shape index (κ3) is 9.49. The van der Waals surface area contributed by atoms with Crippen LogP contribution in [-0.4, -0.2) is 107 Å². The van der Waals surface area contributed by atoms with Crippen LogP contribution in [0.15, 0.2) is 64.4 Å². The predicted octanol–water partition coefficient (Wildman–Crippen LogP) is 0.928. The molecule has 1 heterocycles. The number of amides is 4. The van der Waals surface area contributed by atoms with Crippen molar-refractivity contribution >= 4 is 72.2 Å². The van der Waals surface area contributed by atoms with Gasteiger partial charge in [0.2, 0.25) is 23.6 Å². The molecule has 0 bridgehead atoms. The average molecular weight is 870 g/mol. The highest BCUT2D eigenvalue weighted by Gasteiger charge is 2.39. The Kier molecular flexibility index (Phi) is 13.8. The van der Waals surface area contributed by atoms with E-state index in [0.717, 1.165) is 13.2 Å². The maximum absolute atomic E-state index is 13.8. The first kappa shape index (κ1) is 45.3. The summed E-state index contributed by atoms with van der Waals surface area (Å²) < 4.78 is 57.6. The Morgan fingerprint density at radius 2 is 1.53 bits per heavy atom.